The van der Waals surface area contributed by atoms with Crippen molar-refractivity contribution in [3.05, 3.63) is 0 Å². The van der Waals surface area contributed by atoms with Crippen LogP contribution in [0.1, 0.15) is 6.92 Å². The lowest BCUT2D eigenvalue weighted by Crippen LogP contribution is -2.45. The minimum atomic E-state index is -3.45. The number of hydrogen-bond acceptors (Lipinski definition) is 4. The van der Waals surface area contributed by atoms with Gasteiger partial charge >= 0.3 is 11.8 Å². The molecule has 0 saturated heterocycles. The molecule has 4 N–H and O–H groups in total. The van der Waals surface area contributed by atoms with Crippen molar-refractivity contribution in [1.29, 1.82) is 0 Å². The molecule has 7 heteroatoms. The van der Waals surface area contributed by atoms with Gasteiger partial charge in [-0.3, -0.25) is 10.2 Å². The molecule has 1 unspecified atom stereocenters. The van der Waals surface area contributed by atoms with Crippen LogP contribution < -0.4 is 11.3 Å². The van der Waals surface area contributed by atoms with E-state index in [1.807, 2.05) is 0 Å². The first-order valence-corrected chi connectivity index (χ1v) is 5.17. The molecule has 1 atom stereocenters. The Balaban J connectivity index is 3.82. The van der Waals surface area contributed by atoms with Crippen LogP contribution in [0, 0.1) is 5.92 Å². The van der Waals surface area contributed by atoms with Gasteiger partial charge in [-0.2, -0.15) is 20.5 Å². The average Bonchev–Trinajstić information content (AvgIpc) is 2.15. The van der Waals surface area contributed by atoms with E-state index in [9.17, 15) is 13.6 Å². The largest absolute Gasteiger partial charge is 0.396 e. The Bertz CT molecular complexity index is 193. The van der Waals surface area contributed by atoms with E-state index in [0.717, 1.165) is 11.8 Å². The van der Waals surface area contributed by atoms with Gasteiger partial charge in [-0.15, -0.1) is 0 Å². The first-order chi connectivity index (χ1) is 6.44. The van der Waals surface area contributed by atoms with Crippen LogP contribution in [0.15, 0.2) is 0 Å². The summed E-state index contributed by atoms with van der Waals surface area (Å²) in [5.74, 6) is -0.652. The molecule has 0 saturated carbocycles. The van der Waals surface area contributed by atoms with Crippen molar-refractivity contribution < 1.29 is 18.7 Å². The topological polar surface area (TPSA) is 75.3 Å². The van der Waals surface area contributed by atoms with Crippen molar-refractivity contribution >= 4 is 17.7 Å². The molecule has 0 spiro atoms. The second kappa shape index (κ2) is 6.15. The first kappa shape index (κ1) is 13.6. The van der Waals surface area contributed by atoms with E-state index in [-0.39, 0.29) is 12.5 Å². The third kappa shape index (κ3) is 4.73. The fourth-order valence-electron chi connectivity index (χ4n) is 0.612. The SMILES string of the molecule is CC(CO)CSCC(F)(F)C(=O)NN. The Kier molecular flexibility index (Phi) is 5.98. The predicted molar refractivity (Wildman–Crippen MR) is 50.9 cm³/mol. The molecule has 0 rings (SSSR count). The van der Waals surface area contributed by atoms with Gasteiger partial charge in [0.05, 0.1) is 5.75 Å². The molecule has 14 heavy (non-hydrogen) atoms. The van der Waals surface area contributed by atoms with Gasteiger partial charge in [-0.1, -0.05) is 6.92 Å². The number of carbonyl (C=O) groups is 1. The number of alkyl halides is 2. The Morgan fingerprint density at radius 3 is 2.71 bits per heavy atom. The number of thioether (sulfide) groups is 1. The lowest BCUT2D eigenvalue weighted by molar-refractivity contribution is -0.142. The van der Waals surface area contributed by atoms with Crippen LogP contribution in [0.5, 0.6) is 0 Å². The zero-order chi connectivity index (χ0) is 11.2. The van der Waals surface area contributed by atoms with E-state index in [0.29, 0.717) is 5.75 Å². The number of nitrogens with two attached hydrogens (primary N) is 1. The number of hydrogen-bond donors (Lipinski definition) is 3. The van der Waals surface area contributed by atoms with E-state index < -0.39 is 17.6 Å². The molecule has 0 aliphatic carbocycles. The molecule has 0 aliphatic heterocycles. The molecule has 4 nitrogen and oxygen atoms in total. The maximum absolute atomic E-state index is 12.8. The van der Waals surface area contributed by atoms with Crippen molar-refractivity contribution in [2.45, 2.75) is 12.8 Å². The van der Waals surface area contributed by atoms with Crippen molar-refractivity contribution in [3.8, 4) is 0 Å². The Morgan fingerprint density at radius 1 is 1.71 bits per heavy atom. The molecule has 0 aromatic carbocycles. The maximum atomic E-state index is 12.8. The molecule has 84 valence electrons. The molecule has 0 heterocycles. The highest BCUT2D eigenvalue weighted by Gasteiger charge is 2.37. The molecule has 1 amide bonds. The van der Waals surface area contributed by atoms with Gasteiger partial charge in [0.15, 0.2) is 0 Å². The zero-order valence-electron chi connectivity index (χ0n) is 7.80. The summed E-state index contributed by atoms with van der Waals surface area (Å²) < 4.78 is 25.6. The molecular weight excluding hydrogens is 214 g/mol. The van der Waals surface area contributed by atoms with Gasteiger partial charge in [0.1, 0.15) is 0 Å². The monoisotopic (exact) mass is 228 g/mol. The van der Waals surface area contributed by atoms with E-state index in [2.05, 4.69) is 5.84 Å². The van der Waals surface area contributed by atoms with Crippen LogP contribution in [0.2, 0.25) is 0 Å². The van der Waals surface area contributed by atoms with E-state index in [1.165, 1.54) is 5.43 Å². The van der Waals surface area contributed by atoms with Gasteiger partial charge in [0, 0.05) is 6.61 Å². The summed E-state index contributed by atoms with van der Waals surface area (Å²) in [7, 11) is 0. The van der Waals surface area contributed by atoms with Gasteiger partial charge < -0.3 is 5.11 Å². The van der Waals surface area contributed by atoms with Crippen LogP contribution in [-0.4, -0.2) is 35.0 Å². The highest BCUT2D eigenvalue weighted by atomic mass is 32.2. The van der Waals surface area contributed by atoms with E-state index in [1.54, 1.807) is 6.92 Å². The molecule has 0 aliphatic rings. The van der Waals surface area contributed by atoms with Crippen molar-refractivity contribution in [3.63, 3.8) is 0 Å². The predicted octanol–water partition coefficient (Wildman–Crippen LogP) is -0.0268. The molecule has 0 aromatic rings. The smallest absolute Gasteiger partial charge is 0.334 e. The van der Waals surface area contributed by atoms with Crippen molar-refractivity contribution in [2.24, 2.45) is 11.8 Å². The number of rotatable bonds is 6. The second-order valence-electron chi connectivity index (χ2n) is 2.98. The summed E-state index contributed by atoms with van der Waals surface area (Å²) in [6.07, 6.45) is 0. The molecule has 0 fully saturated rings. The summed E-state index contributed by atoms with van der Waals surface area (Å²) in [4.78, 5) is 10.5. The standard InChI is InChI=1S/C7H14F2N2O2S/c1-5(2-12)3-14-4-7(8,9)6(13)11-10/h5,12H,2-4,10H2,1H3,(H,11,13). The van der Waals surface area contributed by atoms with Crippen LogP contribution in [0.4, 0.5) is 8.78 Å². The number of carbonyl (C=O) groups excluding carboxylic acids is 1. The summed E-state index contributed by atoms with van der Waals surface area (Å²) >= 11 is 0.910. The van der Waals surface area contributed by atoms with Gasteiger partial charge in [0.25, 0.3) is 0 Å². The highest BCUT2D eigenvalue weighted by molar-refractivity contribution is 7.99. The lowest BCUT2D eigenvalue weighted by Gasteiger charge is -2.14. The first-order valence-electron chi connectivity index (χ1n) is 4.01. The second-order valence-corrected chi connectivity index (χ2v) is 4.01. The lowest BCUT2D eigenvalue weighted by atomic mass is 10.2. The van der Waals surface area contributed by atoms with Gasteiger partial charge in [-0.25, -0.2) is 5.84 Å². The Hall–Kier alpha value is -0.400. The summed E-state index contributed by atoms with van der Waals surface area (Å²) in [6.45, 7) is 1.68. The summed E-state index contributed by atoms with van der Waals surface area (Å²) in [5.41, 5.74) is 1.41. The fraction of sp³-hybridized carbons (Fsp3) is 0.857. The highest BCUT2D eigenvalue weighted by Crippen LogP contribution is 2.21. The number of amides is 1. The number of nitrogens with one attached hydrogen (secondary N) is 1. The van der Waals surface area contributed by atoms with Gasteiger partial charge in [0.2, 0.25) is 0 Å². The Morgan fingerprint density at radius 2 is 2.29 bits per heavy atom. The molecular formula is C7H14F2N2O2S. The van der Waals surface area contributed by atoms with Crippen LogP contribution in [0.25, 0.3) is 0 Å². The zero-order valence-corrected chi connectivity index (χ0v) is 8.61. The van der Waals surface area contributed by atoms with Crippen LogP contribution >= 0.6 is 11.8 Å². The third-order valence-corrected chi connectivity index (χ3v) is 2.83. The van der Waals surface area contributed by atoms with E-state index in [4.69, 9.17) is 5.11 Å². The molecule has 0 aromatic heterocycles. The van der Waals surface area contributed by atoms with Crippen LogP contribution in [-0.2, 0) is 4.79 Å². The molecule has 0 radical (unpaired) electrons. The quantitative estimate of drug-likeness (QED) is 0.339. The Labute approximate surface area is 85.2 Å². The van der Waals surface area contributed by atoms with Crippen molar-refractivity contribution in [2.75, 3.05) is 18.1 Å². The van der Waals surface area contributed by atoms with Crippen LogP contribution in [0.3, 0.4) is 0 Å². The normalized spacial score (nSPS) is 13.8. The molecule has 0 bridgehead atoms. The number of halogens is 2. The van der Waals surface area contributed by atoms with Gasteiger partial charge in [-0.05, 0) is 11.7 Å². The minimum absolute atomic E-state index is 0.0539. The number of hydrazine groups is 1. The average molecular weight is 228 g/mol. The minimum Gasteiger partial charge on any atom is -0.396 e. The summed E-state index contributed by atoms with van der Waals surface area (Å²) in [5, 5.41) is 8.62. The number of aliphatic hydroxyl groups excluding tert-OH is 1. The fourth-order valence-corrected chi connectivity index (χ4v) is 1.63. The third-order valence-electron chi connectivity index (χ3n) is 1.46. The maximum Gasteiger partial charge on any atom is 0.334 e. The number of aliphatic hydroxyl groups is 1. The van der Waals surface area contributed by atoms with Crippen molar-refractivity contribution in [1.82, 2.24) is 5.43 Å². The van der Waals surface area contributed by atoms with E-state index >= 15 is 0 Å². The summed E-state index contributed by atoms with van der Waals surface area (Å²) in [6, 6.07) is 0.